The highest BCUT2D eigenvalue weighted by atomic mass is 15.0. The number of pyridine rings is 5. The predicted octanol–water partition coefficient (Wildman–Crippen LogP) is 26.1. The smallest absolute Gasteiger partial charge is 0.0963 e. The third kappa shape index (κ3) is 11.5. The zero-order chi connectivity index (χ0) is 74.0. The Balaban J connectivity index is 0.000000141. The Bertz CT molecular complexity index is 6760. The molecule has 0 radical (unpaired) electrons. The molecule has 0 spiro atoms. The molecule has 9 heterocycles. The van der Waals surface area contributed by atoms with Crippen LogP contribution in [0.4, 0.5) is 0 Å². The van der Waals surface area contributed by atoms with Crippen LogP contribution in [0.1, 0.15) is 0 Å². The molecular formula is C103H67N9. The second-order valence-corrected chi connectivity index (χ2v) is 28.4. The Hall–Kier alpha value is -15.2. The number of hydrogen-bond donors (Lipinski definition) is 0. The monoisotopic (exact) mass is 1430 g/mol. The number of hydrogen-bond acceptors (Lipinski definition) is 5. The van der Waals surface area contributed by atoms with Gasteiger partial charge >= 0.3 is 0 Å². The number of para-hydroxylation sites is 4. The van der Waals surface area contributed by atoms with E-state index in [0.717, 1.165) is 139 Å². The highest BCUT2D eigenvalue weighted by Gasteiger charge is 2.21. The minimum atomic E-state index is 0.930. The van der Waals surface area contributed by atoms with Crippen LogP contribution < -0.4 is 0 Å². The molecule has 524 valence electrons. The molecule has 0 fully saturated rings. The van der Waals surface area contributed by atoms with E-state index in [4.69, 9.17) is 15.0 Å². The fourth-order valence-corrected chi connectivity index (χ4v) is 16.6. The fraction of sp³-hybridized carbons (Fsp3) is 0. The number of aromatic nitrogens is 9. The van der Waals surface area contributed by atoms with Gasteiger partial charge in [0.25, 0.3) is 0 Å². The van der Waals surface area contributed by atoms with Crippen molar-refractivity contribution in [3.63, 3.8) is 0 Å². The Morgan fingerprint density at radius 1 is 0.152 bits per heavy atom. The van der Waals surface area contributed by atoms with Gasteiger partial charge in [-0.15, -0.1) is 0 Å². The first-order chi connectivity index (χ1) is 55.5. The van der Waals surface area contributed by atoms with Gasteiger partial charge in [-0.1, -0.05) is 194 Å². The second-order valence-electron chi connectivity index (χ2n) is 28.4. The molecule has 0 unspecified atom stereocenters. The van der Waals surface area contributed by atoms with Gasteiger partial charge in [0.1, 0.15) is 0 Å². The average molecular weight is 1430 g/mol. The van der Waals surface area contributed by atoms with Crippen molar-refractivity contribution in [2.24, 2.45) is 0 Å². The van der Waals surface area contributed by atoms with E-state index < -0.39 is 0 Å². The summed E-state index contributed by atoms with van der Waals surface area (Å²) in [7, 11) is 0. The van der Waals surface area contributed by atoms with Crippen molar-refractivity contribution in [2.75, 3.05) is 0 Å². The zero-order valence-electron chi connectivity index (χ0n) is 60.7. The van der Waals surface area contributed by atoms with Crippen LogP contribution in [0.25, 0.3) is 200 Å². The highest BCUT2D eigenvalue weighted by Crippen LogP contribution is 2.43. The predicted molar refractivity (Wildman–Crippen MR) is 463 cm³/mol. The average Bonchev–Trinajstić information content (AvgIpc) is 1.59. The quantitative estimate of drug-likeness (QED) is 0.122. The van der Waals surface area contributed by atoms with Crippen LogP contribution >= 0.6 is 0 Å². The molecule has 9 heteroatoms. The number of rotatable bonds is 12. The van der Waals surface area contributed by atoms with Crippen LogP contribution in [0.2, 0.25) is 0 Å². The molecule has 0 bridgehead atoms. The summed E-state index contributed by atoms with van der Waals surface area (Å²) in [5.74, 6) is 0. The molecule has 0 atom stereocenters. The Kier molecular flexibility index (Phi) is 16.0. The second kappa shape index (κ2) is 27.5. The molecule has 9 aromatic heterocycles. The van der Waals surface area contributed by atoms with E-state index in [1.54, 1.807) is 0 Å². The summed E-state index contributed by atoms with van der Waals surface area (Å²) in [6, 6.07) is 136. The van der Waals surface area contributed by atoms with Crippen molar-refractivity contribution < 1.29 is 0 Å². The van der Waals surface area contributed by atoms with Gasteiger partial charge in [-0.05, 0) is 233 Å². The van der Waals surface area contributed by atoms with Crippen molar-refractivity contribution in [3.05, 3.63) is 407 Å². The normalized spacial score (nSPS) is 11.6. The number of fused-ring (bicyclic) bond motifs is 12. The van der Waals surface area contributed by atoms with Crippen molar-refractivity contribution in [2.45, 2.75) is 0 Å². The van der Waals surface area contributed by atoms with E-state index >= 15 is 0 Å². The third-order valence-corrected chi connectivity index (χ3v) is 21.8. The maximum Gasteiger partial charge on any atom is 0.0963 e. The van der Waals surface area contributed by atoms with E-state index in [-0.39, 0.29) is 0 Å². The summed E-state index contributed by atoms with van der Waals surface area (Å²) in [6.07, 6.45) is 7.46. The Labute approximate surface area is 645 Å². The molecular weight excluding hydrogens is 1360 g/mol. The highest BCUT2D eigenvalue weighted by molar-refractivity contribution is 6.14. The lowest BCUT2D eigenvalue weighted by Crippen LogP contribution is -1.95. The first kappa shape index (κ1) is 65.1. The van der Waals surface area contributed by atoms with E-state index in [0.29, 0.717) is 0 Å². The van der Waals surface area contributed by atoms with E-state index in [9.17, 15) is 0 Å². The van der Waals surface area contributed by atoms with Gasteiger partial charge in [-0.25, -0.2) is 4.98 Å². The topological polar surface area (TPSA) is 84.2 Å². The van der Waals surface area contributed by atoms with Crippen LogP contribution in [0.5, 0.6) is 0 Å². The molecule has 0 aliphatic carbocycles. The van der Waals surface area contributed by atoms with Gasteiger partial charge in [0, 0.05) is 102 Å². The minimum absolute atomic E-state index is 0.930. The van der Waals surface area contributed by atoms with Crippen molar-refractivity contribution >= 4 is 87.5 Å². The van der Waals surface area contributed by atoms with Crippen molar-refractivity contribution in [1.29, 1.82) is 0 Å². The lowest BCUT2D eigenvalue weighted by molar-refractivity contribution is 1.17. The molecule has 0 saturated carbocycles. The summed E-state index contributed by atoms with van der Waals surface area (Å²) in [5, 5.41) is 7.21. The van der Waals surface area contributed by atoms with Gasteiger partial charge in [-0.3, -0.25) is 19.9 Å². The van der Waals surface area contributed by atoms with Crippen LogP contribution in [-0.4, -0.2) is 43.2 Å². The van der Waals surface area contributed by atoms with E-state index in [1.807, 2.05) is 67.3 Å². The van der Waals surface area contributed by atoms with Gasteiger partial charge in [0.2, 0.25) is 0 Å². The van der Waals surface area contributed by atoms with Gasteiger partial charge in [0.05, 0.1) is 77.9 Å². The number of benzene rings is 13. The molecule has 0 aliphatic heterocycles. The molecule has 22 rings (SSSR count). The van der Waals surface area contributed by atoms with Gasteiger partial charge in [-0.2, -0.15) is 0 Å². The standard InChI is InChI=1S/C52H34N4.C51H33N5/c1-4-13-35(14-5-1)40-33-46(36-15-6-2-7-16-36)54-47(34-40)37-22-26-42(27-23-37)56-50-29-25-39(32-45(50)52-51(56)21-12-30-53-52)38-24-28-49-44(31-38)43-19-10-11-20-48(43)55(49)41-17-8-3-9-18-41;1-2-11-40(12-3-1)55-47-16-5-4-13-42(47)43-32-35(20-24-48(43)55)36-21-25-49-44(33-36)51-50(17-10-28-54-51)56(49)41-22-18-34(19-23-41)37-29-38(45-14-6-8-26-52-45)31-39(30-37)46-15-7-9-27-53-46/h1-34H;1-33H. The van der Waals surface area contributed by atoms with Gasteiger partial charge in [0.15, 0.2) is 0 Å². The molecule has 22 aromatic rings. The lowest BCUT2D eigenvalue weighted by Gasteiger charge is -2.12. The van der Waals surface area contributed by atoms with E-state index in [1.165, 1.54) is 60.3 Å². The Morgan fingerprint density at radius 2 is 0.455 bits per heavy atom. The van der Waals surface area contributed by atoms with E-state index in [2.05, 4.69) is 368 Å². The zero-order valence-corrected chi connectivity index (χ0v) is 60.7. The van der Waals surface area contributed by atoms with Crippen LogP contribution in [0, 0.1) is 0 Å². The Morgan fingerprint density at radius 3 is 0.902 bits per heavy atom. The maximum atomic E-state index is 5.16. The fourth-order valence-electron chi connectivity index (χ4n) is 16.6. The summed E-state index contributed by atoms with van der Waals surface area (Å²) >= 11 is 0. The third-order valence-electron chi connectivity index (χ3n) is 21.8. The molecule has 0 N–H and O–H groups in total. The maximum absolute atomic E-state index is 5.16. The van der Waals surface area contributed by atoms with Crippen LogP contribution in [0.3, 0.4) is 0 Å². The minimum Gasteiger partial charge on any atom is -0.309 e. The molecule has 0 amide bonds. The SMILES string of the molecule is c1ccc(-c2cc(-c3ccccc3)nc(-c3ccc(-n4c5ccc(-c6ccc7c(c6)c6ccccc6n7-c6ccccc6)cc5c5ncccc54)cc3)c2)cc1.c1ccc(-n2c3ccccc3c3cc(-c4ccc5c(c4)c4ncccc4n5-c4ccc(-c5cc(-c6ccccn6)cc(-c6ccccn6)c5)cc4)ccc32)cc1. The lowest BCUT2D eigenvalue weighted by atomic mass is 9.96. The summed E-state index contributed by atoms with van der Waals surface area (Å²) in [5.41, 5.74) is 32.9. The molecule has 112 heavy (non-hydrogen) atoms. The molecule has 13 aromatic carbocycles. The largest absolute Gasteiger partial charge is 0.309 e. The summed E-state index contributed by atoms with van der Waals surface area (Å²) < 4.78 is 9.37. The summed E-state index contributed by atoms with van der Waals surface area (Å²) in [6.45, 7) is 0. The number of nitrogens with zero attached hydrogens (tertiary/aromatic N) is 9. The van der Waals surface area contributed by atoms with Crippen molar-refractivity contribution in [1.82, 2.24) is 43.2 Å². The molecule has 9 nitrogen and oxygen atoms in total. The molecule has 0 saturated heterocycles. The van der Waals surface area contributed by atoms with Crippen LogP contribution in [0.15, 0.2) is 407 Å². The first-order valence-electron chi connectivity index (χ1n) is 37.8. The molecule has 0 aliphatic rings. The van der Waals surface area contributed by atoms with Gasteiger partial charge < -0.3 is 18.3 Å². The van der Waals surface area contributed by atoms with Crippen LogP contribution in [-0.2, 0) is 0 Å². The first-order valence-corrected chi connectivity index (χ1v) is 37.8. The van der Waals surface area contributed by atoms with Crippen molar-refractivity contribution in [3.8, 4) is 112 Å². The summed E-state index contributed by atoms with van der Waals surface area (Å²) in [4.78, 5) is 24.3.